The standard InChI is InChI=1S/C21H29N3O4S2/c1-17(2)29(25,26)23-20-8-6-18(7-9-20)16-22-19-10-12-21(13-11-19)30(27,28)24-14-4-3-5-15-24/h6-13,17,22-23H,3-5,14-16H2,1-2H3. The third-order valence-corrected chi connectivity index (χ3v) is 8.81. The van der Waals surface area contributed by atoms with Crippen LogP contribution >= 0.6 is 0 Å². The molecule has 164 valence electrons. The molecule has 7 nitrogen and oxygen atoms in total. The maximum Gasteiger partial charge on any atom is 0.243 e. The van der Waals surface area contributed by atoms with Crippen molar-refractivity contribution < 1.29 is 16.8 Å². The summed E-state index contributed by atoms with van der Waals surface area (Å²) in [4.78, 5) is 0.316. The van der Waals surface area contributed by atoms with Gasteiger partial charge in [0.1, 0.15) is 0 Å². The first-order valence-corrected chi connectivity index (χ1v) is 13.1. The highest BCUT2D eigenvalue weighted by molar-refractivity contribution is 7.93. The van der Waals surface area contributed by atoms with Crippen LogP contribution in [0.2, 0.25) is 0 Å². The summed E-state index contributed by atoms with van der Waals surface area (Å²) in [6, 6.07) is 14.0. The largest absolute Gasteiger partial charge is 0.381 e. The Morgan fingerprint density at radius 1 is 0.833 bits per heavy atom. The summed E-state index contributed by atoms with van der Waals surface area (Å²) >= 11 is 0. The van der Waals surface area contributed by atoms with E-state index in [-0.39, 0.29) is 0 Å². The van der Waals surface area contributed by atoms with Crippen LogP contribution in [-0.4, -0.2) is 39.5 Å². The van der Waals surface area contributed by atoms with E-state index in [9.17, 15) is 16.8 Å². The van der Waals surface area contributed by atoms with Crippen molar-refractivity contribution in [2.24, 2.45) is 0 Å². The fourth-order valence-electron chi connectivity index (χ4n) is 3.18. The number of sulfonamides is 2. The van der Waals surface area contributed by atoms with Gasteiger partial charge in [0, 0.05) is 31.0 Å². The number of anilines is 2. The molecule has 0 amide bonds. The molecule has 1 aliphatic rings. The third kappa shape index (κ3) is 5.53. The van der Waals surface area contributed by atoms with Gasteiger partial charge < -0.3 is 5.32 Å². The minimum absolute atomic E-state index is 0.316. The maximum absolute atomic E-state index is 12.7. The Labute approximate surface area is 179 Å². The first kappa shape index (κ1) is 22.6. The van der Waals surface area contributed by atoms with Gasteiger partial charge in [-0.3, -0.25) is 4.72 Å². The Hall–Kier alpha value is -2.10. The molecule has 9 heteroatoms. The van der Waals surface area contributed by atoms with Gasteiger partial charge in [0.15, 0.2) is 0 Å². The van der Waals surface area contributed by atoms with E-state index in [2.05, 4.69) is 10.0 Å². The fraction of sp³-hybridized carbons (Fsp3) is 0.429. The summed E-state index contributed by atoms with van der Waals surface area (Å²) in [5.41, 5.74) is 2.32. The Morgan fingerprint density at radius 3 is 1.97 bits per heavy atom. The van der Waals surface area contributed by atoms with Gasteiger partial charge in [0.25, 0.3) is 0 Å². The van der Waals surface area contributed by atoms with Gasteiger partial charge >= 0.3 is 0 Å². The van der Waals surface area contributed by atoms with Gasteiger partial charge in [0.05, 0.1) is 10.1 Å². The van der Waals surface area contributed by atoms with Crippen molar-refractivity contribution in [2.45, 2.75) is 49.8 Å². The Balaban J connectivity index is 1.59. The normalized spacial score (nSPS) is 15.8. The summed E-state index contributed by atoms with van der Waals surface area (Å²) in [5.74, 6) is 0. The fourth-order valence-corrected chi connectivity index (χ4v) is 5.39. The van der Waals surface area contributed by atoms with Crippen LogP contribution < -0.4 is 10.0 Å². The van der Waals surface area contributed by atoms with Gasteiger partial charge in [-0.1, -0.05) is 18.6 Å². The molecule has 3 rings (SSSR count). The van der Waals surface area contributed by atoms with Crippen molar-refractivity contribution in [3.63, 3.8) is 0 Å². The number of nitrogens with one attached hydrogen (secondary N) is 2. The molecule has 1 saturated heterocycles. The van der Waals surface area contributed by atoms with Crippen LogP contribution in [0.4, 0.5) is 11.4 Å². The monoisotopic (exact) mass is 451 g/mol. The number of piperidine rings is 1. The van der Waals surface area contributed by atoms with Crippen molar-refractivity contribution in [2.75, 3.05) is 23.1 Å². The van der Waals surface area contributed by atoms with E-state index in [4.69, 9.17) is 0 Å². The second-order valence-corrected chi connectivity index (χ2v) is 11.9. The van der Waals surface area contributed by atoms with Crippen LogP contribution in [0.5, 0.6) is 0 Å². The van der Waals surface area contributed by atoms with Crippen molar-refractivity contribution >= 4 is 31.4 Å². The molecule has 2 N–H and O–H groups in total. The SMILES string of the molecule is CC(C)S(=O)(=O)Nc1ccc(CNc2ccc(S(=O)(=O)N3CCCCC3)cc2)cc1. The number of nitrogens with zero attached hydrogens (tertiary/aromatic N) is 1. The van der Waals surface area contributed by atoms with Crippen LogP contribution in [0.1, 0.15) is 38.7 Å². The van der Waals surface area contributed by atoms with Crippen LogP contribution in [0.25, 0.3) is 0 Å². The van der Waals surface area contributed by atoms with Gasteiger partial charge in [-0.15, -0.1) is 0 Å². The molecular formula is C21H29N3O4S2. The molecule has 1 aliphatic heterocycles. The molecule has 0 atom stereocenters. The molecule has 0 bridgehead atoms. The maximum atomic E-state index is 12.7. The molecule has 30 heavy (non-hydrogen) atoms. The van der Waals surface area contributed by atoms with Gasteiger partial charge in [0.2, 0.25) is 20.0 Å². The highest BCUT2D eigenvalue weighted by Crippen LogP contribution is 2.22. The minimum Gasteiger partial charge on any atom is -0.381 e. The summed E-state index contributed by atoms with van der Waals surface area (Å²) in [6.45, 7) is 4.97. The Morgan fingerprint density at radius 2 is 1.40 bits per heavy atom. The molecule has 0 aromatic heterocycles. The first-order valence-electron chi connectivity index (χ1n) is 10.1. The van der Waals surface area contributed by atoms with Gasteiger partial charge in [-0.2, -0.15) is 4.31 Å². The van der Waals surface area contributed by atoms with Crippen LogP contribution in [-0.2, 0) is 26.6 Å². The third-order valence-electron chi connectivity index (χ3n) is 5.14. The summed E-state index contributed by atoms with van der Waals surface area (Å²) in [5, 5.41) is 2.76. The quantitative estimate of drug-likeness (QED) is 0.639. The van der Waals surface area contributed by atoms with Crippen molar-refractivity contribution in [1.29, 1.82) is 0 Å². The zero-order valence-electron chi connectivity index (χ0n) is 17.3. The highest BCUT2D eigenvalue weighted by atomic mass is 32.2. The lowest BCUT2D eigenvalue weighted by atomic mass is 10.2. The predicted molar refractivity (Wildman–Crippen MR) is 120 cm³/mol. The smallest absolute Gasteiger partial charge is 0.243 e. The lowest BCUT2D eigenvalue weighted by Crippen LogP contribution is -2.35. The van der Waals surface area contributed by atoms with Crippen molar-refractivity contribution in [3.05, 3.63) is 54.1 Å². The van der Waals surface area contributed by atoms with E-state index in [1.165, 1.54) is 0 Å². The van der Waals surface area contributed by atoms with Crippen molar-refractivity contribution in [1.82, 2.24) is 4.31 Å². The number of hydrogen-bond donors (Lipinski definition) is 2. The van der Waals surface area contributed by atoms with Crippen LogP contribution in [0.15, 0.2) is 53.4 Å². The molecule has 0 aliphatic carbocycles. The molecular weight excluding hydrogens is 422 g/mol. The molecule has 2 aromatic carbocycles. The molecule has 1 fully saturated rings. The van der Waals surface area contributed by atoms with Crippen molar-refractivity contribution in [3.8, 4) is 0 Å². The zero-order chi connectivity index (χ0) is 21.8. The Bertz CT molecular complexity index is 1040. The lowest BCUT2D eigenvalue weighted by Gasteiger charge is -2.25. The van der Waals surface area contributed by atoms with E-state index in [0.717, 1.165) is 30.5 Å². The number of benzene rings is 2. The molecule has 0 radical (unpaired) electrons. The highest BCUT2D eigenvalue weighted by Gasteiger charge is 2.25. The topological polar surface area (TPSA) is 95.6 Å². The molecule has 0 spiro atoms. The Kier molecular flexibility index (Phi) is 7.05. The zero-order valence-corrected chi connectivity index (χ0v) is 19.0. The van der Waals surface area contributed by atoms with E-state index in [1.807, 2.05) is 12.1 Å². The van der Waals surface area contributed by atoms with Crippen LogP contribution in [0, 0.1) is 0 Å². The van der Waals surface area contributed by atoms with E-state index >= 15 is 0 Å². The average molecular weight is 452 g/mol. The lowest BCUT2D eigenvalue weighted by molar-refractivity contribution is 0.346. The average Bonchev–Trinajstić information content (AvgIpc) is 2.74. The second kappa shape index (κ2) is 9.36. The second-order valence-electron chi connectivity index (χ2n) is 7.74. The van der Waals surface area contributed by atoms with Gasteiger partial charge in [-0.25, -0.2) is 16.8 Å². The minimum atomic E-state index is -3.42. The summed E-state index contributed by atoms with van der Waals surface area (Å²) in [6.07, 6.45) is 2.91. The molecule has 2 aromatic rings. The van der Waals surface area contributed by atoms with E-state index < -0.39 is 25.3 Å². The number of rotatable bonds is 8. The molecule has 1 heterocycles. The number of hydrogen-bond acceptors (Lipinski definition) is 5. The van der Waals surface area contributed by atoms with E-state index in [1.54, 1.807) is 54.6 Å². The predicted octanol–water partition coefficient (Wildman–Crippen LogP) is 3.62. The summed E-state index contributed by atoms with van der Waals surface area (Å²) in [7, 11) is -6.78. The first-order chi connectivity index (χ1) is 14.2. The van der Waals surface area contributed by atoms with E-state index in [0.29, 0.717) is 30.2 Å². The molecule has 0 saturated carbocycles. The summed E-state index contributed by atoms with van der Waals surface area (Å²) < 4.78 is 53.4. The molecule has 0 unspecified atom stereocenters. The van der Waals surface area contributed by atoms with Gasteiger partial charge in [-0.05, 0) is 68.7 Å². The van der Waals surface area contributed by atoms with Crippen LogP contribution in [0.3, 0.4) is 0 Å².